The number of ether oxygens (including phenoxy) is 2. The number of nitrogens with zero attached hydrogens (tertiary/aromatic N) is 6. The summed E-state index contributed by atoms with van der Waals surface area (Å²) < 4.78 is 45.1. The van der Waals surface area contributed by atoms with Crippen molar-refractivity contribution in [2.45, 2.75) is 25.9 Å². The number of aromatic carboxylic acids is 2. The lowest BCUT2D eigenvalue weighted by atomic mass is 10.1. The van der Waals surface area contributed by atoms with Gasteiger partial charge >= 0.3 is 11.9 Å². The Morgan fingerprint density at radius 3 is 1.33 bits per heavy atom. The minimum absolute atomic E-state index is 0.0434. The average molecular weight is 723 g/mol. The van der Waals surface area contributed by atoms with E-state index in [9.17, 15) is 38.2 Å². The standard InChI is InChI=1S/2C18H20FN3O4/c2*1-10-9-26-17-14-11(16(23)12(18(24)25)8-22(10)14)7-13(19)15(17)21-5-3-20(2)4-6-21/h2*7-8,10H,3-6,9H2,1-2H3,(H,24,25)/t2*10-/m11/s1. The van der Waals surface area contributed by atoms with Gasteiger partial charge in [-0.1, -0.05) is 0 Å². The van der Waals surface area contributed by atoms with Gasteiger partial charge in [0.05, 0.1) is 33.9 Å². The fraction of sp³-hybridized carbons (Fsp3) is 0.444. The molecule has 2 aromatic heterocycles. The van der Waals surface area contributed by atoms with Gasteiger partial charge in [-0.05, 0) is 40.1 Å². The van der Waals surface area contributed by atoms with Gasteiger partial charge in [0.25, 0.3) is 0 Å². The molecule has 4 aromatic rings. The Morgan fingerprint density at radius 2 is 1.00 bits per heavy atom. The number of likely N-dealkylation sites (N-methyl/N-ethyl adjacent to an activating group) is 2. The van der Waals surface area contributed by atoms with Crippen LogP contribution in [0.25, 0.3) is 21.8 Å². The number of carboxylic acids is 2. The number of piperazine rings is 2. The number of carboxylic acid groups (broad SMARTS) is 2. The molecule has 2 saturated heterocycles. The first-order valence-electron chi connectivity index (χ1n) is 17.2. The lowest BCUT2D eigenvalue weighted by molar-refractivity contribution is 0.0683. The molecule has 2 fully saturated rings. The van der Waals surface area contributed by atoms with Crippen LogP contribution in [0, 0.1) is 11.6 Å². The van der Waals surface area contributed by atoms with Crippen LogP contribution in [0.2, 0.25) is 0 Å². The molecule has 16 heteroatoms. The normalized spacial score (nSPS) is 20.3. The molecule has 4 aliphatic heterocycles. The number of halogens is 2. The molecule has 0 radical (unpaired) electrons. The Kier molecular flexibility index (Phi) is 9.07. The van der Waals surface area contributed by atoms with Crippen LogP contribution in [0.15, 0.2) is 34.1 Å². The van der Waals surface area contributed by atoms with Crippen molar-refractivity contribution in [3.63, 3.8) is 0 Å². The third-order valence-electron chi connectivity index (χ3n) is 10.4. The van der Waals surface area contributed by atoms with Crippen molar-refractivity contribution >= 4 is 45.1 Å². The molecule has 0 spiro atoms. The Bertz CT molecular complexity index is 2080. The molecule has 276 valence electrons. The summed E-state index contributed by atoms with van der Waals surface area (Å²) >= 11 is 0. The van der Waals surface area contributed by atoms with Gasteiger partial charge in [-0.25, -0.2) is 18.4 Å². The summed E-state index contributed by atoms with van der Waals surface area (Å²) in [6, 6.07) is 1.99. The molecule has 14 nitrogen and oxygen atoms in total. The van der Waals surface area contributed by atoms with Crippen LogP contribution >= 0.6 is 0 Å². The van der Waals surface area contributed by atoms with Crippen LogP contribution in [0.5, 0.6) is 11.5 Å². The molecule has 0 bridgehead atoms. The number of benzene rings is 2. The van der Waals surface area contributed by atoms with Crippen molar-refractivity contribution in [2.24, 2.45) is 0 Å². The first kappa shape index (κ1) is 35.2. The topological polar surface area (TPSA) is 150 Å². The van der Waals surface area contributed by atoms with Crippen LogP contribution < -0.4 is 30.1 Å². The van der Waals surface area contributed by atoms with Crippen LogP contribution in [-0.4, -0.2) is 121 Å². The van der Waals surface area contributed by atoms with E-state index in [4.69, 9.17) is 9.47 Å². The van der Waals surface area contributed by atoms with Crippen molar-refractivity contribution in [1.82, 2.24) is 18.9 Å². The molecule has 2 aromatic carbocycles. The molecule has 2 atom stereocenters. The number of hydrogen-bond donors (Lipinski definition) is 2. The first-order chi connectivity index (χ1) is 24.8. The summed E-state index contributed by atoms with van der Waals surface area (Å²) in [6.45, 7) is 10.2. The lowest BCUT2D eigenvalue weighted by Crippen LogP contribution is -2.45. The Morgan fingerprint density at radius 1 is 0.654 bits per heavy atom. The van der Waals surface area contributed by atoms with E-state index < -0.39 is 34.4 Å². The SMILES string of the molecule is C[C@@H]1COc2c(N3CCN(C)CC3)c(F)cc3c(=O)c(C(=O)O)cn1c23.C[C@@H]1COc2c(N3CCN(C)CC3)c(F)cc3c(=O)c(C(=O)O)cn1c23. The minimum atomic E-state index is -1.32. The molecular weight excluding hydrogens is 682 g/mol. The molecule has 4 aliphatic rings. The van der Waals surface area contributed by atoms with Gasteiger partial charge in [0.2, 0.25) is 10.9 Å². The summed E-state index contributed by atoms with van der Waals surface area (Å²) in [5, 5.41) is 18.7. The zero-order chi connectivity index (χ0) is 37.2. The molecule has 8 rings (SSSR count). The Balaban J connectivity index is 0.000000162. The third kappa shape index (κ3) is 5.88. The molecule has 6 heterocycles. The highest BCUT2D eigenvalue weighted by atomic mass is 19.1. The predicted octanol–water partition coefficient (Wildman–Crippen LogP) is 3.09. The first-order valence-corrected chi connectivity index (χ1v) is 17.2. The van der Waals surface area contributed by atoms with Crippen molar-refractivity contribution in [3.05, 3.63) is 67.7 Å². The molecule has 0 amide bonds. The molecule has 0 unspecified atom stereocenters. The van der Waals surface area contributed by atoms with Gasteiger partial charge in [0.1, 0.15) is 35.7 Å². The highest BCUT2D eigenvalue weighted by Crippen LogP contribution is 2.43. The summed E-state index contributed by atoms with van der Waals surface area (Å²) in [5.74, 6) is -3.09. The van der Waals surface area contributed by atoms with E-state index in [2.05, 4.69) is 9.80 Å². The van der Waals surface area contributed by atoms with E-state index >= 15 is 0 Å². The molecule has 52 heavy (non-hydrogen) atoms. The number of anilines is 2. The maximum atomic E-state index is 15.0. The van der Waals surface area contributed by atoms with Gasteiger partial charge in [-0.2, -0.15) is 0 Å². The molecule has 0 saturated carbocycles. The molecular formula is C36H40F2N6O8. The van der Waals surface area contributed by atoms with Gasteiger partial charge in [-0.3, -0.25) is 9.59 Å². The lowest BCUT2D eigenvalue weighted by Gasteiger charge is -2.37. The molecule has 0 aliphatic carbocycles. The van der Waals surface area contributed by atoms with E-state index in [1.165, 1.54) is 12.4 Å². The highest BCUT2D eigenvalue weighted by molar-refractivity contribution is 5.98. The van der Waals surface area contributed by atoms with E-state index in [1.807, 2.05) is 37.7 Å². The van der Waals surface area contributed by atoms with Gasteiger partial charge in [0.15, 0.2) is 23.1 Å². The maximum Gasteiger partial charge on any atom is 0.341 e. The fourth-order valence-corrected chi connectivity index (χ4v) is 7.38. The maximum absolute atomic E-state index is 15.0. The van der Waals surface area contributed by atoms with Crippen molar-refractivity contribution < 1.29 is 38.1 Å². The second-order valence-electron chi connectivity index (χ2n) is 13.9. The van der Waals surface area contributed by atoms with E-state index in [0.717, 1.165) is 38.3 Å². The second-order valence-corrected chi connectivity index (χ2v) is 13.9. The van der Waals surface area contributed by atoms with Gasteiger partial charge in [-0.15, -0.1) is 0 Å². The third-order valence-corrected chi connectivity index (χ3v) is 10.4. The van der Waals surface area contributed by atoms with Crippen molar-refractivity contribution in [2.75, 3.05) is 89.5 Å². The van der Waals surface area contributed by atoms with Crippen molar-refractivity contribution in [3.8, 4) is 11.5 Å². The van der Waals surface area contributed by atoms with Crippen molar-refractivity contribution in [1.29, 1.82) is 0 Å². The smallest absolute Gasteiger partial charge is 0.341 e. The average Bonchev–Trinajstić information content (AvgIpc) is 3.10. The Labute approximate surface area is 296 Å². The summed E-state index contributed by atoms with van der Waals surface area (Å²) in [5.41, 5.74) is -0.448. The second kappa shape index (κ2) is 13.4. The largest absolute Gasteiger partial charge is 0.487 e. The van der Waals surface area contributed by atoms with E-state index in [0.29, 0.717) is 60.1 Å². The van der Waals surface area contributed by atoms with Gasteiger partial charge in [0, 0.05) is 64.8 Å². The summed E-state index contributed by atoms with van der Waals surface area (Å²) in [6.07, 6.45) is 2.69. The van der Waals surface area contributed by atoms with Crippen LogP contribution in [-0.2, 0) is 0 Å². The fourth-order valence-electron chi connectivity index (χ4n) is 7.38. The summed E-state index contributed by atoms with van der Waals surface area (Å²) in [4.78, 5) is 56.2. The number of aromatic nitrogens is 2. The summed E-state index contributed by atoms with van der Waals surface area (Å²) in [7, 11) is 4.03. The number of pyridine rings is 2. The Hall–Kier alpha value is -5.22. The predicted molar refractivity (Wildman–Crippen MR) is 190 cm³/mol. The van der Waals surface area contributed by atoms with E-state index in [-0.39, 0.29) is 47.2 Å². The highest BCUT2D eigenvalue weighted by Gasteiger charge is 2.33. The van der Waals surface area contributed by atoms with Crippen LogP contribution in [0.3, 0.4) is 0 Å². The zero-order valence-corrected chi connectivity index (χ0v) is 29.3. The monoisotopic (exact) mass is 722 g/mol. The number of rotatable bonds is 4. The van der Waals surface area contributed by atoms with E-state index in [1.54, 1.807) is 9.13 Å². The quantitative estimate of drug-likeness (QED) is 0.319. The van der Waals surface area contributed by atoms with Crippen LogP contribution in [0.4, 0.5) is 20.2 Å². The molecule has 2 N–H and O–H groups in total. The number of hydrogen-bond acceptors (Lipinski definition) is 10. The number of carbonyl (C=O) groups is 2. The van der Waals surface area contributed by atoms with Gasteiger partial charge < -0.3 is 48.4 Å². The zero-order valence-electron chi connectivity index (χ0n) is 29.3. The minimum Gasteiger partial charge on any atom is -0.487 e. The van der Waals surface area contributed by atoms with Crippen LogP contribution in [0.1, 0.15) is 46.6 Å².